The van der Waals surface area contributed by atoms with Crippen LogP contribution in [0.4, 0.5) is 5.69 Å². The van der Waals surface area contributed by atoms with Crippen LogP contribution in [-0.2, 0) is 22.7 Å². The number of methoxy groups -OCH3 is 1. The van der Waals surface area contributed by atoms with E-state index < -0.39 is 0 Å². The summed E-state index contributed by atoms with van der Waals surface area (Å²) in [7, 11) is 1.67. The van der Waals surface area contributed by atoms with Crippen LogP contribution in [0, 0.1) is 0 Å². The van der Waals surface area contributed by atoms with Gasteiger partial charge in [-0.25, -0.2) is 0 Å². The third-order valence-corrected chi connectivity index (χ3v) is 3.02. The van der Waals surface area contributed by atoms with Crippen molar-refractivity contribution in [3.63, 3.8) is 0 Å². The second kappa shape index (κ2) is 8.07. The van der Waals surface area contributed by atoms with Gasteiger partial charge in [0, 0.05) is 19.3 Å². The zero-order valence-electron chi connectivity index (χ0n) is 12.1. The predicted octanol–water partition coefficient (Wildman–Crippen LogP) is 2.56. The molecule has 0 fully saturated rings. The van der Waals surface area contributed by atoms with Crippen molar-refractivity contribution in [2.45, 2.75) is 13.2 Å². The molecule has 0 saturated carbocycles. The lowest BCUT2D eigenvalue weighted by Gasteiger charge is -2.09. The summed E-state index contributed by atoms with van der Waals surface area (Å²) in [5.74, 6) is -0.0315. The van der Waals surface area contributed by atoms with Gasteiger partial charge in [-0.15, -0.1) is 0 Å². The van der Waals surface area contributed by atoms with Gasteiger partial charge >= 0.3 is 0 Å². The molecule has 0 aromatic heterocycles. The van der Waals surface area contributed by atoms with Crippen molar-refractivity contribution in [2.75, 3.05) is 19.0 Å². The second-order valence-electron chi connectivity index (χ2n) is 4.75. The molecule has 0 aliphatic carbocycles. The van der Waals surface area contributed by atoms with Crippen LogP contribution in [0.1, 0.15) is 11.1 Å². The van der Waals surface area contributed by atoms with E-state index in [1.165, 1.54) is 0 Å². The highest BCUT2D eigenvalue weighted by atomic mass is 16.5. The van der Waals surface area contributed by atoms with Crippen molar-refractivity contribution in [3.05, 3.63) is 65.7 Å². The quantitative estimate of drug-likeness (QED) is 0.821. The number of benzene rings is 2. The molecule has 4 heteroatoms. The lowest BCUT2D eigenvalue weighted by molar-refractivity contribution is -0.119. The van der Waals surface area contributed by atoms with E-state index in [0.29, 0.717) is 13.2 Å². The Morgan fingerprint density at radius 3 is 2.57 bits per heavy atom. The average Bonchev–Trinajstić information content (AvgIpc) is 2.53. The minimum Gasteiger partial charge on any atom is -0.380 e. The molecule has 0 aliphatic rings. The van der Waals surface area contributed by atoms with E-state index >= 15 is 0 Å². The standard InChI is InChI=1S/C17H20N2O2/c1-21-13-15-7-5-6-14(10-15)11-19-17(20)12-18-16-8-3-2-4-9-16/h2-10,18H,11-13H2,1H3,(H,19,20). The van der Waals surface area contributed by atoms with Gasteiger partial charge in [0.1, 0.15) is 0 Å². The number of carbonyl (C=O) groups is 1. The van der Waals surface area contributed by atoms with Gasteiger partial charge in [0.05, 0.1) is 13.2 Å². The molecule has 0 atom stereocenters. The van der Waals surface area contributed by atoms with E-state index in [4.69, 9.17) is 4.74 Å². The molecule has 2 N–H and O–H groups in total. The summed E-state index contributed by atoms with van der Waals surface area (Å²) in [6.07, 6.45) is 0. The summed E-state index contributed by atoms with van der Waals surface area (Å²) in [4.78, 5) is 11.8. The highest BCUT2D eigenvalue weighted by molar-refractivity contribution is 5.80. The number of amides is 1. The van der Waals surface area contributed by atoms with Crippen molar-refractivity contribution < 1.29 is 9.53 Å². The van der Waals surface area contributed by atoms with E-state index in [9.17, 15) is 4.79 Å². The van der Waals surface area contributed by atoms with Crippen molar-refractivity contribution >= 4 is 11.6 Å². The SMILES string of the molecule is COCc1cccc(CNC(=O)CNc2ccccc2)c1. The van der Waals surface area contributed by atoms with Crippen LogP contribution in [0.15, 0.2) is 54.6 Å². The van der Waals surface area contributed by atoms with E-state index in [-0.39, 0.29) is 12.5 Å². The van der Waals surface area contributed by atoms with Crippen LogP contribution in [-0.4, -0.2) is 19.6 Å². The van der Waals surface area contributed by atoms with Crippen molar-refractivity contribution in [3.8, 4) is 0 Å². The normalized spacial score (nSPS) is 10.1. The molecule has 1 amide bonds. The maximum absolute atomic E-state index is 11.8. The first-order chi connectivity index (χ1) is 10.3. The number of ether oxygens (including phenoxy) is 1. The minimum atomic E-state index is -0.0315. The largest absolute Gasteiger partial charge is 0.380 e. The molecule has 4 nitrogen and oxygen atoms in total. The summed E-state index contributed by atoms with van der Waals surface area (Å²) in [6, 6.07) is 17.7. The van der Waals surface area contributed by atoms with Crippen LogP contribution in [0.3, 0.4) is 0 Å². The van der Waals surface area contributed by atoms with Gasteiger partial charge in [0.2, 0.25) is 5.91 Å². The molecule has 2 aromatic rings. The summed E-state index contributed by atoms with van der Waals surface area (Å²) < 4.78 is 5.10. The Hall–Kier alpha value is -2.33. The highest BCUT2D eigenvalue weighted by Gasteiger charge is 2.02. The van der Waals surface area contributed by atoms with Crippen LogP contribution in [0.2, 0.25) is 0 Å². The average molecular weight is 284 g/mol. The smallest absolute Gasteiger partial charge is 0.239 e. The summed E-state index contributed by atoms with van der Waals surface area (Å²) >= 11 is 0. The van der Waals surface area contributed by atoms with Gasteiger partial charge in [-0.05, 0) is 23.3 Å². The number of hydrogen-bond donors (Lipinski definition) is 2. The molecule has 0 unspecified atom stereocenters. The monoisotopic (exact) mass is 284 g/mol. The number of rotatable bonds is 7. The topological polar surface area (TPSA) is 50.4 Å². The molecule has 0 bridgehead atoms. The molecule has 2 rings (SSSR count). The van der Waals surface area contributed by atoms with Gasteiger partial charge in [0.15, 0.2) is 0 Å². The van der Waals surface area contributed by atoms with E-state index in [2.05, 4.69) is 10.6 Å². The zero-order chi connectivity index (χ0) is 14.9. The van der Waals surface area contributed by atoms with Crippen LogP contribution in [0.25, 0.3) is 0 Å². The zero-order valence-corrected chi connectivity index (χ0v) is 12.1. The molecule has 0 heterocycles. The Bertz CT molecular complexity index is 570. The highest BCUT2D eigenvalue weighted by Crippen LogP contribution is 2.06. The molecule has 2 aromatic carbocycles. The Kier molecular flexibility index (Phi) is 5.79. The molecular formula is C17H20N2O2. The molecule has 110 valence electrons. The van der Waals surface area contributed by atoms with Crippen molar-refractivity contribution in [1.82, 2.24) is 5.32 Å². The molecule has 21 heavy (non-hydrogen) atoms. The maximum atomic E-state index is 11.8. The third-order valence-electron chi connectivity index (χ3n) is 3.02. The van der Waals surface area contributed by atoms with E-state index in [0.717, 1.165) is 16.8 Å². The van der Waals surface area contributed by atoms with E-state index in [1.54, 1.807) is 7.11 Å². The molecule has 0 saturated heterocycles. The maximum Gasteiger partial charge on any atom is 0.239 e. The molecule has 0 spiro atoms. The number of hydrogen-bond acceptors (Lipinski definition) is 3. The van der Waals surface area contributed by atoms with Crippen molar-refractivity contribution in [2.24, 2.45) is 0 Å². The first kappa shape index (κ1) is 15.1. The fraction of sp³-hybridized carbons (Fsp3) is 0.235. The Morgan fingerprint density at radius 2 is 1.81 bits per heavy atom. The second-order valence-corrected chi connectivity index (χ2v) is 4.75. The molecule has 0 radical (unpaired) electrons. The number of para-hydroxylation sites is 1. The molecular weight excluding hydrogens is 264 g/mol. The Morgan fingerprint density at radius 1 is 1.05 bits per heavy atom. The summed E-state index contributed by atoms with van der Waals surface area (Å²) in [5.41, 5.74) is 3.11. The van der Waals surface area contributed by atoms with Gasteiger partial charge < -0.3 is 15.4 Å². The fourth-order valence-electron chi connectivity index (χ4n) is 2.00. The van der Waals surface area contributed by atoms with Crippen LogP contribution in [0.5, 0.6) is 0 Å². The van der Waals surface area contributed by atoms with Crippen LogP contribution >= 0.6 is 0 Å². The Balaban J connectivity index is 1.77. The predicted molar refractivity (Wildman–Crippen MR) is 83.9 cm³/mol. The molecule has 0 aliphatic heterocycles. The van der Waals surface area contributed by atoms with Gasteiger partial charge in [-0.2, -0.15) is 0 Å². The number of nitrogens with one attached hydrogen (secondary N) is 2. The van der Waals surface area contributed by atoms with Crippen molar-refractivity contribution in [1.29, 1.82) is 0 Å². The lowest BCUT2D eigenvalue weighted by atomic mass is 10.1. The first-order valence-electron chi connectivity index (χ1n) is 6.90. The van der Waals surface area contributed by atoms with E-state index in [1.807, 2.05) is 54.6 Å². The fourth-order valence-corrected chi connectivity index (χ4v) is 2.00. The van der Waals surface area contributed by atoms with Gasteiger partial charge in [-0.1, -0.05) is 42.5 Å². The Labute approximate surface area is 125 Å². The first-order valence-corrected chi connectivity index (χ1v) is 6.90. The number of anilines is 1. The lowest BCUT2D eigenvalue weighted by Crippen LogP contribution is -2.29. The summed E-state index contributed by atoms with van der Waals surface area (Å²) in [6.45, 7) is 1.37. The number of carbonyl (C=O) groups excluding carboxylic acids is 1. The minimum absolute atomic E-state index is 0.0315. The third kappa shape index (κ3) is 5.28. The van der Waals surface area contributed by atoms with Gasteiger partial charge in [0.25, 0.3) is 0 Å². The van der Waals surface area contributed by atoms with Crippen LogP contribution < -0.4 is 10.6 Å². The summed E-state index contributed by atoms with van der Waals surface area (Å²) in [5, 5.41) is 5.98. The van der Waals surface area contributed by atoms with Gasteiger partial charge in [-0.3, -0.25) is 4.79 Å².